The number of rotatable bonds is 5. The lowest BCUT2D eigenvalue weighted by Crippen LogP contribution is -2.22. The normalized spacial score (nSPS) is 13.5. The molecule has 4 rings (SSSR count). The van der Waals surface area contributed by atoms with E-state index in [4.69, 9.17) is 14.3 Å². The van der Waals surface area contributed by atoms with Crippen molar-refractivity contribution < 1.29 is 22.7 Å². The van der Waals surface area contributed by atoms with Crippen LogP contribution in [0.4, 0.5) is 0 Å². The SMILES string of the molecule is CN(C)S(=O)(=O)c1ccc2nnn(OCc3ccc4c(c3)OCO4)c2c1. The molecule has 0 saturated heterocycles. The largest absolute Gasteiger partial charge is 0.454 e. The van der Waals surface area contributed by atoms with E-state index in [9.17, 15) is 8.42 Å². The van der Waals surface area contributed by atoms with E-state index in [2.05, 4.69) is 10.3 Å². The summed E-state index contributed by atoms with van der Waals surface area (Å²) in [5.74, 6) is 1.35. The molecule has 1 aliphatic rings. The molecule has 0 aliphatic carbocycles. The van der Waals surface area contributed by atoms with Gasteiger partial charge in [-0.1, -0.05) is 10.9 Å². The van der Waals surface area contributed by atoms with Gasteiger partial charge >= 0.3 is 0 Å². The van der Waals surface area contributed by atoms with E-state index in [0.29, 0.717) is 22.5 Å². The second-order valence-corrected chi connectivity index (χ2v) is 8.01. The Balaban J connectivity index is 1.60. The predicted octanol–water partition coefficient (Wildman–Crippen LogP) is 1.04. The predicted molar refractivity (Wildman–Crippen MR) is 91.2 cm³/mol. The number of hydrogen-bond donors (Lipinski definition) is 0. The molecule has 1 aromatic heterocycles. The molecule has 0 saturated carbocycles. The topological polar surface area (TPSA) is 95.8 Å². The van der Waals surface area contributed by atoms with Crippen LogP contribution < -0.4 is 14.3 Å². The van der Waals surface area contributed by atoms with E-state index in [1.807, 2.05) is 18.2 Å². The Labute approximate surface area is 149 Å². The first-order valence-electron chi connectivity index (χ1n) is 7.75. The summed E-state index contributed by atoms with van der Waals surface area (Å²) in [6.45, 7) is 0.413. The quantitative estimate of drug-likeness (QED) is 0.656. The van der Waals surface area contributed by atoms with Crippen LogP contribution in [0, 0.1) is 0 Å². The Bertz CT molecular complexity index is 1080. The molecule has 0 amide bonds. The van der Waals surface area contributed by atoms with Gasteiger partial charge in [-0.3, -0.25) is 0 Å². The first kappa shape index (κ1) is 16.6. The summed E-state index contributed by atoms with van der Waals surface area (Å²) in [5, 5.41) is 7.92. The van der Waals surface area contributed by atoms with Gasteiger partial charge in [-0.05, 0) is 41.1 Å². The molecule has 9 nitrogen and oxygen atoms in total. The number of sulfonamides is 1. The molecule has 3 aromatic rings. The van der Waals surface area contributed by atoms with E-state index >= 15 is 0 Å². The fraction of sp³-hybridized carbons (Fsp3) is 0.250. The van der Waals surface area contributed by atoms with Crippen molar-refractivity contribution in [2.75, 3.05) is 20.9 Å². The molecule has 0 fully saturated rings. The van der Waals surface area contributed by atoms with Crippen molar-refractivity contribution in [2.45, 2.75) is 11.5 Å². The molecule has 10 heteroatoms. The van der Waals surface area contributed by atoms with Crippen molar-refractivity contribution in [1.82, 2.24) is 19.5 Å². The summed E-state index contributed by atoms with van der Waals surface area (Å²) in [7, 11) is -0.604. The van der Waals surface area contributed by atoms with Gasteiger partial charge in [0.25, 0.3) is 0 Å². The zero-order valence-corrected chi connectivity index (χ0v) is 14.9. The lowest BCUT2D eigenvalue weighted by molar-refractivity contribution is 0.0750. The van der Waals surface area contributed by atoms with Crippen LogP contribution in [-0.4, -0.2) is 48.8 Å². The molecule has 1 aliphatic heterocycles. The Hall–Kier alpha value is -2.85. The fourth-order valence-corrected chi connectivity index (χ4v) is 3.43. The van der Waals surface area contributed by atoms with Crippen molar-refractivity contribution >= 4 is 21.1 Å². The van der Waals surface area contributed by atoms with Crippen LogP contribution in [0.3, 0.4) is 0 Å². The monoisotopic (exact) mass is 376 g/mol. The number of fused-ring (bicyclic) bond motifs is 2. The van der Waals surface area contributed by atoms with Crippen LogP contribution in [0.5, 0.6) is 11.5 Å². The number of hydrogen-bond acceptors (Lipinski definition) is 7. The fourth-order valence-electron chi connectivity index (χ4n) is 2.51. The first-order chi connectivity index (χ1) is 12.4. The van der Waals surface area contributed by atoms with Gasteiger partial charge in [0, 0.05) is 14.1 Å². The average molecular weight is 376 g/mol. The van der Waals surface area contributed by atoms with Gasteiger partial charge in [-0.15, -0.1) is 5.10 Å². The molecule has 2 aromatic carbocycles. The van der Waals surface area contributed by atoms with Crippen LogP contribution in [0.1, 0.15) is 5.56 Å². The lowest BCUT2D eigenvalue weighted by Gasteiger charge is -2.11. The molecule has 0 N–H and O–H groups in total. The highest BCUT2D eigenvalue weighted by molar-refractivity contribution is 7.89. The van der Waals surface area contributed by atoms with Gasteiger partial charge in [0.2, 0.25) is 16.8 Å². The average Bonchev–Trinajstić information content (AvgIpc) is 3.25. The molecule has 0 atom stereocenters. The standard InChI is InChI=1S/C16H16N4O5S/c1-19(2)26(21,22)12-4-5-13-14(8-12)20(18-17-13)25-9-11-3-6-15-16(7-11)24-10-23-15/h3-8H,9-10H2,1-2H3. The minimum Gasteiger partial charge on any atom is -0.454 e. The minimum atomic E-state index is -3.56. The smallest absolute Gasteiger partial charge is 0.242 e. The molecular formula is C16H16N4O5S. The van der Waals surface area contributed by atoms with Gasteiger partial charge in [-0.25, -0.2) is 12.7 Å². The van der Waals surface area contributed by atoms with Crippen LogP contribution in [0.2, 0.25) is 0 Å². The molecule has 0 bridgehead atoms. The molecule has 0 radical (unpaired) electrons. The molecule has 2 heterocycles. The van der Waals surface area contributed by atoms with Crippen LogP contribution in [0.25, 0.3) is 11.0 Å². The Kier molecular flexibility index (Phi) is 3.93. The van der Waals surface area contributed by atoms with Crippen LogP contribution in [0.15, 0.2) is 41.3 Å². The maximum absolute atomic E-state index is 12.3. The summed E-state index contributed by atoms with van der Waals surface area (Å²) in [4.78, 5) is 7.03. The van der Waals surface area contributed by atoms with Crippen molar-refractivity contribution in [3.63, 3.8) is 0 Å². The summed E-state index contributed by atoms with van der Waals surface area (Å²) in [6.07, 6.45) is 0. The number of benzene rings is 2. The van der Waals surface area contributed by atoms with Crippen molar-refractivity contribution in [3.8, 4) is 11.5 Å². The van der Waals surface area contributed by atoms with Gasteiger partial charge in [0.1, 0.15) is 17.6 Å². The maximum atomic E-state index is 12.3. The third-order valence-corrected chi connectivity index (χ3v) is 5.77. The lowest BCUT2D eigenvalue weighted by atomic mass is 10.2. The van der Waals surface area contributed by atoms with Gasteiger partial charge < -0.3 is 14.3 Å². The second kappa shape index (κ2) is 6.15. The number of nitrogens with zero attached hydrogens (tertiary/aromatic N) is 4. The van der Waals surface area contributed by atoms with E-state index in [-0.39, 0.29) is 18.3 Å². The van der Waals surface area contributed by atoms with Gasteiger partial charge in [0.05, 0.1) is 4.90 Å². The summed E-state index contributed by atoms with van der Waals surface area (Å²) in [6, 6.07) is 10.1. The van der Waals surface area contributed by atoms with E-state index in [1.54, 1.807) is 6.07 Å². The Morgan fingerprint density at radius 1 is 1.15 bits per heavy atom. The van der Waals surface area contributed by atoms with E-state index in [0.717, 1.165) is 9.87 Å². The van der Waals surface area contributed by atoms with Gasteiger partial charge in [0.15, 0.2) is 11.5 Å². The second-order valence-electron chi connectivity index (χ2n) is 5.86. The summed E-state index contributed by atoms with van der Waals surface area (Å²) < 4.78 is 36.4. The molecule has 26 heavy (non-hydrogen) atoms. The number of aromatic nitrogens is 3. The van der Waals surface area contributed by atoms with E-state index < -0.39 is 10.0 Å². The molecule has 0 spiro atoms. The van der Waals surface area contributed by atoms with Crippen molar-refractivity contribution in [3.05, 3.63) is 42.0 Å². The first-order valence-corrected chi connectivity index (χ1v) is 9.19. The minimum absolute atomic E-state index is 0.144. The van der Waals surface area contributed by atoms with E-state index in [1.165, 1.54) is 31.1 Å². The summed E-state index contributed by atoms with van der Waals surface area (Å²) in [5.41, 5.74) is 1.86. The zero-order chi connectivity index (χ0) is 18.3. The van der Waals surface area contributed by atoms with Crippen molar-refractivity contribution in [1.29, 1.82) is 0 Å². The third-order valence-electron chi connectivity index (χ3n) is 3.96. The molecular weight excluding hydrogens is 360 g/mol. The van der Waals surface area contributed by atoms with Crippen molar-refractivity contribution in [2.24, 2.45) is 0 Å². The highest BCUT2D eigenvalue weighted by atomic mass is 32.2. The zero-order valence-electron chi connectivity index (χ0n) is 14.1. The Morgan fingerprint density at radius 3 is 2.77 bits per heavy atom. The summed E-state index contributed by atoms with van der Waals surface area (Å²) >= 11 is 0. The number of ether oxygens (including phenoxy) is 2. The highest BCUT2D eigenvalue weighted by Crippen LogP contribution is 2.32. The van der Waals surface area contributed by atoms with Crippen LogP contribution >= 0.6 is 0 Å². The maximum Gasteiger partial charge on any atom is 0.242 e. The Morgan fingerprint density at radius 2 is 1.96 bits per heavy atom. The third kappa shape index (κ3) is 2.82. The van der Waals surface area contributed by atoms with Crippen LogP contribution in [-0.2, 0) is 16.6 Å². The molecule has 136 valence electrons. The molecule has 0 unspecified atom stereocenters. The van der Waals surface area contributed by atoms with Gasteiger partial charge in [-0.2, -0.15) is 0 Å². The highest BCUT2D eigenvalue weighted by Gasteiger charge is 2.19.